The minimum Gasteiger partial charge on any atom is -0.399 e. The van der Waals surface area contributed by atoms with E-state index in [0.717, 1.165) is 28.1 Å². The summed E-state index contributed by atoms with van der Waals surface area (Å²) >= 11 is 0. The van der Waals surface area contributed by atoms with Gasteiger partial charge in [-0.25, -0.2) is 0 Å². The first kappa shape index (κ1) is 18.1. The van der Waals surface area contributed by atoms with Crippen LogP contribution in [0.4, 0.5) is 11.4 Å². The van der Waals surface area contributed by atoms with E-state index >= 15 is 0 Å². The van der Waals surface area contributed by atoms with Crippen molar-refractivity contribution in [3.8, 4) is 0 Å². The van der Waals surface area contributed by atoms with Crippen molar-refractivity contribution >= 4 is 29.7 Å². The molecule has 2 aromatic rings. The lowest BCUT2D eigenvalue weighted by Crippen LogP contribution is -2.26. The zero-order chi connectivity index (χ0) is 15.4. The average molecular weight is 319 g/mol. The van der Waals surface area contributed by atoms with Crippen LogP contribution in [0.25, 0.3) is 0 Å². The smallest absolute Gasteiger partial charge is 0.227 e. The topological polar surface area (TPSA) is 46.3 Å². The Kier molecular flexibility index (Phi) is 6.44. The lowest BCUT2D eigenvalue weighted by Gasteiger charge is -2.19. The summed E-state index contributed by atoms with van der Waals surface area (Å²) in [6.07, 6.45) is 1.12. The van der Waals surface area contributed by atoms with Gasteiger partial charge in [-0.2, -0.15) is 0 Å². The van der Waals surface area contributed by atoms with Crippen LogP contribution in [-0.4, -0.2) is 13.0 Å². The summed E-state index contributed by atoms with van der Waals surface area (Å²) in [6.45, 7) is 4.08. The largest absolute Gasteiger partial charge is 0.399 e. The number of rotatable bonds is 4. The number of hydrogen-bond acceptors (Lipinski definition) is 2. The van der Waals surface area contributed by atoms with Gasteiger partial charge < -0.3 is 10.6 Å². The fraction of sp³-hybridized carbons (Fsp3) is 0.278. The molecular formula is C18H23ClN2O. The van der Waals surface area contributed by atoms with E-state index in [9.17, 15) is 4.79 Å². The van der Waals surface area contributed by atoms with E-state index in [1.54, 1.807) is 4.90 Å². The van der Waals surface area contributed by atoms with Crippen LogP contribution in [0.2, 0.25) is 0 Å². The second kappa shape index (κ2) is 7.85. The van der Waals surface area contributed by atoms with Crippen LogP contribution in [0.1, 0.15) is 23.1 Å². The number of carbonyl (C=O) groups is 1. The highest BCUT2D eigenvalue weighted by molar-refractivity contribution is 5.93. The Hall–Kier alpha value is -2.00. The molecule has 0 fully saturated rings. The number of anilines is 2. The van der Waals surface area contributed by atoms with Crippen molar-refractivity contribution in [2.24, 2.45) is 0 Å². The van der Waals surface area contributed by atoms with Crippen molar-refractivity contribution in [3.63, 3.8) is 0 Å². The Morgan fingerprint density at radius 2 is 1.68 bits per heavy atom. The van der Waals surface area contributed by atoms with Crippen molar-refractivity contribution in [3.05, 3.63) is 59.2 Å². The predicted octanol–water partition coefficient (Wildman–Crippen LogP) is 3.90. The van der Waals surface area contributed by atoms with Crippen LogP contribution in [0.15, 0.2) is 42.5 Å². The molecule has 3 nitrogen and oxygen atoms in total. The summed E-state index contributed by atoms with van der Waals surface area (Å²) in [5, 5.41) is 0. The van der Waals surface area contributed by atoms with E-state index in [1.807, 2.05) is 57.3 Å². The summed E-state index contributed by atoms with van der Waals surface area (Å²) in [4.78, 5) is 14.1. The molecule has 0 aromatic heterocycles. The Bertz CT molecular complexity index is 635. The van der Waals surface area contributed by atoms with Crippen LogP contribution in [0.5, 0.6) is 0 Å². The highest BCUT2D eigenvalue weighted by Gasteiger charge is 2.12. The normalized spacial score (nSPS) is 9.95. The Balaban J connectivity index is 0.00000242. The fourth-order valence-electron chi connectivity index (χ4n) is 2.46. The third kappa shape index (κ3) is 4.50. The van der Waals surface area contributed by atoms with Crippen LogP contribution < -0.4 is 10.6 Å². The number of carbonyl (C=O) groups excluding carboxylic acids is 1. The number of amides is 1. The highest BCUT2D eigenvalue weighted by atomic mass is 35.5. The molecule has 0 bridgehead atoms. The number of aryl methyl sites for hydroxylation is 3. The summed E-state index contributed by atoms with van der Waals surface area (Å²) in [5.74, 6) is 0.100. The first-order valence-corrected chi connectivity index (χ1v) is 7.15. The Labute approximate surface area is 138 Å². The fourth-order valence-corrected chi connectivity index (χ4v) is 2.46. The maximum Gasteiger partial charge on any atom is 0.227 e. The molecule has 1 amide bonds. The van der Waals surface area contributed by atoms with Crippen LogP contribution >= 0.6 is 12.4 Å². The third-order valence-electron chi connectivity index (χ3n) is 3.63. The van der Waals surface area contributed by atoms with Gasteiger partial charge >= 0.3 is 0 Å². The molecule has 0 spiro atoms. The number of benzene rings is 2. The molecule has 0 atom stereocenters. The average Bonchev–Trinajstić information content (AvgIpc) is 2.44. The van der Waals surface area contributed by atoms with Crippen molar-refractivity contribution in [1.82, 2.24) is 0 Å². The minimum atomic E-state index is 0. The molecule has 4 heteroatoms. The lowest BCUT2D eigenvalue weighted by atomic mass is 10.1. The van der Waals surface area contributed by atoms with E-state index in [-0.39, 0.29) is 18.3 Å². The van der Waals surface area contributed by atoms with Gasteiger partial charge in [-0.15, -0.1) is 12.4 Å². The zero-order valence-electron chi connectivity index (χ0n) is 13.3. The molecule has 0 aliphatic rings. The molecule has 22 heavy (non-hydrogen) atoms. The number of para-hydroxylation sites is 1. The SMILES string of the molecule is Cc1cc(C)cc(N(C)C(=O)CCc2ccccc2N)c1.Cl. The monoisotopic (exact) mass is 318 g/mol. The van der Waals surface area contributed by atoms with Crippen molar-refractivity contribution < 1.29 is 4.79 Å². The Morgan fingerprint density at radius 1 is 1.09 bits per heavy atom. The van der Waals surface area contributed by atoms with E-state index in [0.29, 0.717) is 12.8 Å². The van der Waals surface area contributed by atoms with E-state index in [4.69, 9.17) is 5.73 Å². The second-order valence-electron chi connectivity index (χ2n) is 5.50. The molecular weight excluding hydrogens is 296 g/mol. The van der Waals surface area contributed by atoms with E-state index in [2.05, 4.69) is 6.07 Å². The molecule has 0 heterocycles. The summed E-state index contributed by atoms with van der Waals surface area (Å²) in [5.41, 5.74) is 11.0. The van der Waals surface area contributed by atoms with Gasteiger partial charge in [0.15, 0.2) is 0 Å². The molecule has 0 saturated heterocycles. The molecule has 0 radical (unpaired) electrons. The number of nitrogens with zero attached hydrogens (tertiary/aromatic N) is 1. The van der Waals surface area contributed by atoms with E-state index < -0.39 is 0 Å². The molecule has 2 rings (SSSR count). The summed E-state index contributed by atoms with van der Waals surface area (Å²) < 4.78 is 0. The number of nitrogens with two attached hydrogens (primary N) is 1. The van der Waals surface area contributed by atoms with Gasteiger partial charge in [0.1, 0.15) is 0 Å². The van der Waals surface area contributed by atoms with Crippen LogP contribution in [-0.2, 0) is 11.2 Å². The molecule has 0 aliphatic heterocycles. The number of nitrogen functional groups attached to an aromatic ring is 1. The first-order chi connectivity index (χ1) is 9.97. The van der Waals surface area contributed by atoms with Gasteiger partial charge in [0.05, 0.1) is 0 Å². The number of halogens is 1. The van der Waals surface area contributed by atoms with Crippen LogP contribution in [0, 0.1) is 13.8 Å². The highest BCUT2D eigenvalue weighted by Crippen LogP contribution is 2.19. The van der Waals surface area contributed by atoms with Crippen molar-refractivity contribution in [1.29, 1.82) is 0 Å². The molecule has 0 unspecified atom stereocenters. The van der Waals surface area contributed by atoms with Gasteiger partial charge in [0.25, 0.3) is 0 Å². The second-order valence-corrected chi connectivity index (χ2v) is 5.50. The minimum absolute atomic E-state index is 0. The lowest BCUT2D eigenvalue weighted by molar-refractivity contribution is -0.118. The molecule has 0 aliphatic carbocycles. The number of hydrogen-bond donors (Lipinski definition) is 1. The maximum absolute atomic E-state index is 12.3. The summed E-state index contributed by atoms with van der Waals surface area (Å²) in [6, 6.07) is 13.9. The van der Waals surface area contributed by atoms with Gasteiger partial charge in [-0.3, -0.25) is 4.79 Å². The van der Waals surface area contributed by atoms with Gasteiger partial charge in [0.2, 0.25) is 5.91 Å². The van der Waals surface area contributed by atoms with Gasteiger partial charge in [-0.1, -0.05) is 24.3 Å². The first-order valence-electron chi connectivity index (χ1n) is 7.15. The molecule has 2 aromatic carbocycles. The third-order valence-corrected chi connectivity index (χ3v) is 3.63. The van der Waals surface area contributed by atoms with E-state index in [1.165, 1.54) is 0 Å². The Morgan fingerprint density at radius 3 is 2.27 bits per heavy atom. The quantitative estimate of drug-likeness (QED) is 0.869. The summed E-state index contributed by atoms with van der Waals surface area (Å²) in [7, 11) is 1.82. The standard InChI is InChI=1S/C18H22N2O.ClH/c1-13-10-14(2)12-16(11-13)20(3)18(21)9-8-15-6-4-5-7-17(15)19;/h4-7,10-12H,8-9,19H2,1-3H3;1H. The molecule has 0 saturated carbocycles. The van der Waals surface area contributed by atoms with Crippen molar-refractivity contribution in [2.75, 3.05) is 17.7 Å². The van der Waals surface area contributed by atoms with Crippen LogP contribution in [0.3, 0.4) is 0 Å². The maximum atomic E-state index is 12.3. The molecule has 118 valence electrons. The predicted molar refractivity (Wildman–Crippen MR) is 95.7 cm³/mol. The van der Waals surface area contributed by atoms with Gasteiger partial charge in [-0.05, 0) is 55.2 Å². The zero-order valence-corrected chi connectivity index (χ0v) is 14.1. The van der Waals surface area contributed by atoms with Crippen molar-refractivity contribution in [2.45, 2.75) is 26.7 Å². The molecule has 2 N–H and O–H groups in total. The van der Waals surface area contributed by atoms with Gasteiger partial charge in [0, 0.05) is 24.8 Å².